The van der Waals surface area contributed by atoms with E-state index < -0.39 is 23.6 Å². The molecule has 0 aromatic heterocycles. The predicted octanol–water partition coefficient (Wildman–Crippen LogP) is 2.56. The third kappa shape index (κ3) is 4.22. The average Bonchev–Trinajstić information content (AvgIpc) is 2.23. The molecule has 0 heterocycles. The van der Waals surface area contributed by atoms with Gasteiger partial charge in [-0.1, -0.05) is 11.8 Å². The highest BCUT2D eigenvalue weighted by molar-refractivity contribution is 7.80. The van der Waals surface area contributed by atoms with Crippen molar-refractivity contribution in [2.75, 3.05) is 5.75 Å². The van der Waals surface area contributed by atoms with Gasteiger partial charge in [0.1, 0.15) is 11.3 Å². The molecule has 18 heavy (non-hydrogen) atoms. The zero-order valence-corrected chi connectivity index (χ0v) is 9.68. The van der Waals surface area contributed by atoms with Crippen molar-refractivity contribution >= 4 is 18.6 Å². The second kappa shape index (κ2) is 5.69. The molecule has 0 aliphatic rings. The molecule has 0 radical (unpaired) electrons. The second-order valence-electron chi connectivity index (χ2n) is 3.02. The lowest BCUT2D eigenvalue weighted by Gasteiger charge is -2.11. The van der Waals surface area contributed by atoms with E-state index in [2.05, 4.69) is 29.2 Å². The minimum absolute atomic E-state index is 0.216. The van der Waals surface area contributed by atoms with Gasteiger partial charge >= 0.3 is 12.3 Å². The summed E-state index contributed by atoms with van der Waals surface area (Å²) in [7, 11) is 0. The molecule has 0 saturated heterocycles. The van der Waals surface area contributed by atoms with E-state index in [1.165, 1.54) is 6.07 Å². The molecular formula is C11H7F3O3S. The van der Waals surface area contributed by atoms with Gasteiger partial charge in [-0.25, -0.2) is 4.79 Å². The lowest BCUT2D eigenvalue weighted by atomic mass is 10.1. The van der Waals surface area contributed by atoms with Crippen molar-refractivity contribution in [1.29, 1.82) is 0 Å². The minimum Gasteiger partial charge on any atom is -0.478 e. The van der Waals surface area contributed by atoms with Gasteiger partial charge in [-0.05, 0) is 18.2 Å². The van der Waals surface area contributed by atoms with Crippen LogP contribution in [0.5, 0.6) is 5.75 Å². The van der Waals surface area contributed by atoms with Crippen LogP contribution in [-0.2, 0) is 0 Å². The van der Waals surface area contributed by atoms with Gasteiger partial charge in [0.2, 0.25) is 0 Å². The highest BCUT2D eigenvalue weighted by Gasteiger charge is 2.33. The summed E-state index contributed by atoms with van der Waals surface area (Å²) in [5.41, 5.74) is -0.364. The summed E-state index contributed by atoms with van der Waals surface area (Å²) in [5.74, 6) is 2.98. The van der Waals surface area contributed by atoms with Crippen molar-refractivity contribution in [3.05, 3.63) is 29.3 Å². The smallest absolute Gasteiger partial charge is 0.478 e. The molecule has 1 aromatic carbocycles. The normalized spacial score (nSPS) is 10.4. The molecule has 7 heteroatoms. The van der Waals surface area contributed by atoms with Crippen LogP contribution in [0.15, 0.2) is 18.2 Å². The van der Waals surface area contributed by atoms with Gasteiger partial charge < -0.3 is 9.84 Å². The van der Waals surface area contributed by atoms with E-state index in [0.717, 1.165) is 12.1 Å². The van der Waals surface area contributed by atoms with Crippen LogP contribution < -0.4 is 4.74 Å². The van der Waals surface area contributed by atoms with E-state index in [-0.39, 0.29) is 11.3 Å². The first-order chi connectivity index (χ1) is 8.33. The molecular weight excluding hydrogens is 269 g/mol. The number of carbonyl (C=O) groups is 1. The van der Waals surface area contributed by atoms with Gasteiger partial charge in [0.25, 0.3) is 0 Å². The number of ether oxygens (including phenoxy) is 1. The van der Waals surface area contributed by atoms with E-state index in [1.54, 1.807) is 0 Å². The summed E-state index contributed by atoms with van der Waals surface area (Å²) in [5, 5.41) is 8.73. The van der Waals surface area contributed by atoms with E-state index in [4.69, 9.17) is 5.11 Å². The van der Waals surface area contributed by atoms with Crippen molar-refractivity contribution in [3.8, 4) is 17.6 Å². The molecule has 0 amide bonds. The Hall–Kier alpha value is -1.81. The third-order valence-corrected chi connectivity index (χ3v) is 1.91. The van der Waals surface area contributed by atoms with Gasteiger partial charge in [-0.2, -0.15) is 12.6 Å². The predicted molar refractivity (Wildman–Crippen MR) is 60.8 cm³/mol. The van der Waals surface area contributed by atoms with Gasteiger partial charge in [0.05, 0.1) is 5.75 Å². The highest BCUT2D eigenvalue weighted by Crippen LogP contribution is 2.27. The van der Waals surface area contributed by atoms with Crippen molar-refractivity contribution < 1.29 is 27.8 Å². The highest BCUT2D eigenvalue weighted by atomic mass is 32.1. The first-order valence-corrected chi connectivity index (χ1v) is 5.19. The first kappa shape index (κ1) is 14.3. The van der Waals surface area contributed by atoms with Crippen LogP contribution in [0.2, 0.25) is 0 Å². The van der Waals surface area contributed by atoms with Crippen LogP contribution in [0.1, 0.15) is 15.9 Å². The van der Waals surface area contributed by atoms with Crippen LogP contribution >= 0.6 is 12.6 Å². The Labute approximate surface area is 106 Å². The van der Waals surface area contributed by atoms with Crippen LogP contribution in [0, 0.1) is 11.8 Å². The van der Waals surface area contributed by atoms with Crippen molar-refractivity contribution in [2.24, 2.45) is 0 Å². The Kier molecular flexibility index (Phi) is 4.50. The quantitative estimate of drug-likeness (QED) is 0.644. The molecule has 0 bridgehead atoms. The molecule has 0 spiro atoms. The Morgan fingerprint density at radius 1 is 1.44 bits per heavy atom. The maximum absolute atomic E-state index is 12.1. The summed E-state index contributed by atoms with van der Waals surface area (Å²) < 4.78 is 40.0. The molecule has 3 nitrogen and oxygen atoms in total. The zero-order valence-electron chi connectivity index (χ0n) is 8.78. The maximum Gasteiger partial charge on any atom is 0.573 e. The SMILES string of the molecule is O=C(O)c1ccc(C#CCS)cc1OC(F)(F)F. The maximum atomic E-state index is 12.1. The number of hydrogen-bond donors (Lipinski definition) is 2. The first-order valence-electron chi connectivity index (χ1n) is 4.56. The summed E-state index contributed by atoms with van der Waals surface area (Å²) in [6.07, 6.45) is -4.96. The summed E-state index contributed by atoms with van der Waals surface area (Å²) in [4.78, 5) is 10.7. The Morgan fingerprint density at radius 3 is 2.61 bits per heavy atom. The number of carboxylic acids is 1. The van der Waals surface area contributed by atoms with Crippen LogP contribution in [-0.4, -0.2) is 23.2 Å². The number of thiol groups is 1. The van der Waals surface area contributed by atoms with Gasteiger partial charge in [-0.3, -0.25) is 0 Å². The number of aromatic carboxylic acids is 1. The summed E-state index contributed by atoms with van der Waals surface area (Å²) in [6, 6.07) is 3.22. The van der Waals surface area contributed by atoms with E-state index in [9.17, 15) is 18.0 Å². The second-order valence-corrected chi connectivity index (χ2v) is 3.34. The number of halogens is 3. The number of alkyl halides is 3. The number of carboxylic acid groups (broad SMARTS) is 1. The molecule has 1 aromatic rings. The van der Waals surface area contributed by atoms with Crippen LogP contribution in [0.3, 0.4) is 0 Å². The summed E-state index contributed by atoms with van der Waals surface area (Å²) >= 11 is 3.82. The van der Waals surface area contributed by atoms with Gasteiger partial charge in [0, 0.05) is 5.56 Å². The molecule has 0 atom stereocenters. The number of benzene rings is 1. The van der Waals surface area contributed by atoms with Gasteiger partial charge in [-0.15, -0.1) is 13.2 Å². The van der Waals surface area contributed by atoms with Crippen LogP contribution in [0.4, 0.5) is 13.2 Å². The fourth-order valence-electron chi connectivity index (χ4n) is 1.13. The lowest BCUT2D eigenvalue weighted by molar-refractivity contribution is -0.274. The van der Waals surface area contributed by atoms with Gasteiger partial charge in [0.15, 0.2) is 0 Å². The fraction of sp³-hybridized carbons (Fsp3) is 0.182. The fourth-order valence-corrected chi connectivity index (χ4v) is 1.21. The average molecular weight is 276 g/mol. The molecule has 96 valence electrons. The Bertz CT molecular complexity index is 514. The molecule has 0 aliphatic heterocycles. The number of hydrogen-bond acceptors (Lipinski definition) is 3. The topological polar surface area (TPSA) is 46.5 Å². The molecule has 0 aliphatic carbocycles. The Balaban J connectivity index is 3.20. The summed E-state index contributed by atoms with van der Waals surface area (Å²) in [6.45, 7) is 0. The molecule has 1 N–H and O–H groups in total. The minimum atomic E-state index is -4.96. The number of rotatable bonds is 2. The van der Waals surface area contributed by atoms with Crippen molar-refractivity contribution in [3.63, 3.8) is 0 Å². The van der Waals surface area contributed by atoms with Crippen molar-refractivity contribution in [2.45, 2.75) is 6.36 Å². The Morgan fingerprint density at radius 2 is 2.11 bits per heavy atom. The standard InChI is InChI=1S/C11H7F3O3S/c12-11(13,14)17-9-6-7(2-1-5-18)3-4-8(9)10(15)16/h3-4,6,18H,5H2,(H,15,16). The van der Waals surface area contributed by atoms with E-state index >= 15 is 0 Å². The van der Waals surface area contributed by atoms with Crippen LogP contribution in [0.25, 0.3) is 0 Å². The monoisotopic (exact) mass is 276 g/mol. The lowest BCUT2D eigenvalue weighted by Crippen LogP contribution is -2.19. The third-order valence-electron chi connectivity index (χ3n) is 1.75. The zero-order chi connectivity index (χ0) is 13.8. The molecule has 0 saturated carbocycles. The van der Waals surface area contributed by atoms with E-state index in [0.29, 0.717) is 0 Å². The van der Waals surface area contributed by atoms with E-state index in [1.807, 2.05) is 0 Å². The largest absolute Gasteiger partial charge is 0.573 e. The molecule has 0 fully saturated rings. The van der Waals surface area contributed by atoms with Crippen molar-refractivity contribution in [1.82, 2.24) is 0 Å². The molecule has 0 unspecified atom stereocenters. The molecule has 1 rings (SSSR count).